The summed E-state index contributed by atoms with van der Waals surface area (Å²) in [5.41, 5.74) is 7.40. The fourth-order valence-electron chi connectivity index (χ4n) is 4.41. The van der Waals surface area contributed by atoms with Crippen LogP contribution >= 0.6 is 0 Å². The van der Waals surface area contributed by atoms with E-state index < -0.39 is 11.3 Å². The van der Waals surface area contributed by atoms with Crippen LogP contribution in [0.25, 0.3) is 11.3 Å². The van der Waals surface area contributed by atoms with Crippen LogP contribution in [0, 0.1) is 11.3 Å². The van der Waals surface area contributed by atoms with Gasteiger partial charge in [-0.05, 0) is 31.2 Å². The van der Waals surface area contributed by atoms with Crippen LogP contribution in [0.1, 0.15) is 18.1 Å². The van der Waals surface area contributed by atoms with E-state index in [2.05, 4.69) is 21.6 Å². The molecule has 4 N–H and O–H groups in total. The van der Waals surface area contributed by atoms with Crippen molar-refractivity contribution in [1.82, 2.24) is 10.2 Å². The largest absolute Gasteiger partial charge is 0.493 e. The normalized spacial score (nSPS) is 18.5. The van der Waals surface area contributed by atoms with Gasteiger partial charge < -0.3 is 25.3 Å². The van der Waals surface area contributed by atoms with Crippen molar-refractivity contribution in [3.63, 3.8) is 0 Å². The lowest BCUT2D eigenvalue weighted by Crippen LogP contribution is -2.42. The van der Waals surface area contributed by atoms with Crippen molar-refractivity contribution in [3.05, 3.63) is 65.0 Å². The van der Waals surface area contributed by atoms with Crippen molar-refractivity contribution in [2.75, 3.05) is 19.0 Å². The minimum absolute atomic E-state index is 0.00741. The number of anilines is 1. The van der Waals surface area contributed by atoms with Crippen molar-refractivity contribution in [2.24, 2.45) is 5.73 Å². The highest BCUT2D eigenvalue weighted by atomic mass is 16.5. The summed E-state index contributed by atoms with van der Waals surface area (Å²) in [5, 5.41) is 20.1. The first kappa shape index (κ1) is 19.5. The number of benzene rings is 2. The van der Waals surface area contributed by atoms with Crippen LogP contribution in [0.4, 0.5) is 5.69 Å². The number of methoxy groups -OCH3 is 1. The summed E-state index contributed by atoms with van der Waals surface area (Å²) < 4.78 is 16.8. The van der Waals surface area contributed by atoms with Crippen molar-refractivity contribution >= 4 is 11.6 Å². The van der Waals surface area contributed by atoms with Crippen LogP contribution in [0.2, 0.25) is 0 Å². The third-order valence-corrected chi connectivity index (χ3v) is 5.72. The van der Waals surface area contributed by atoms with E-state index in [0.29, 0.717) is 46.2 Å². The molecule has 2 aromatic carbocycles. The highest BCUT2D eigenvalue weighted by Gasteiger charge is 2.58. The number of amides is 1. The molecule has 0 unspecified atom stereocenters. The summed E-state index contributed by atoms with van der Waals surface area (Å²) in [6.45, 7) is 2.37. The molecule has 0 saturated heterocycles. The van der Waals surface area contributed by atoms with Gasteiger partial charge in [-0.25, -0.2) is 0 Å². The number of hydrogen-bond acceptors (Lipinski definition) is 7. The van der Waals surface area contributed by atoms with Gasteiger partial charge in [0.15, 0.2) is 11.5 Å². The average molecular weight is 429 g/mol. The number of H-pyrrole nitrogens is 1. The summed E-state index contributed by atoms with van der Waals surface area (Å²) >= 11 is 0. The molecule has 0 radical (unpaired) electrons. The molecule has 0 aliphatic carbocycles. The third kappa shape index (κ3) is 2.43. The summed E-state index contributed by atoms with van der Waals surface area (Å²) in [6.07, 6.45) is 0. The van der Waals surface area contributed by atoms with E-state index in [-0.39, 0.29) is 17.3 Å². The second-order valence-corrected chi connectivity index (χ2v) is 7.28. The number of aromatic amines is 1. The zero-order valence-electron chi connectivity index (χ0n) is 17.4. The van der Waals surface area contributed by atoms with E-state index in [1.54, 1.807) is 37.4 Å². The van der Waals surface area contributed by atoms with Crippen molar-refractivity contribution in [2.45, 2.75) is 12.3 Å². The highest BCUT2D eigenvalue weighted by molar-refractivity contribution is 6.13. The Kier molecular flexibility index (Phi) is 4.30. The van der Waals surface area contributed by atoms with Crippen LogP contribution in [0.15, 0.2) is 53.9 Å². The lowest BCUT2D eigenvalue weighted by molar-refractivity contribution is -0.118. The van der Waals surface area contributed by atoms with Gasteiger partial charge in [0.05, 0.1) is 25.0 Å². The second-order valence-electron chi connectivity index (χ2n) is 7.28. The third-order valence-electron chi connectivity index (χ3n) is 5.72. The standard InChI is InChI=1S/C23H19N5O4/c1-3-31-16-9-8-12(10-17(16)30-2)19-18-21(28-27-19)32-20(25)14(11-24)23(18)13-6-4-5-7-15(13)26-22(23)29/h4-10H,3,25H2,1-2H3,(H,26,29)(H,27,28)/t23-/m0/s1. The number of nitrogens with zero attached hydrogens (tertiary/aromatic N) is 2. The molecule has 5 rings (SSSR count). The zero-order valence-corrected chi connectivity index (χ0v) is 17.4. The smallest absolute Gasteiger partial charge is 0.245 e. The summed E-state index contributed by atoms with van der Waals surface area (Å²) in [6, 6.07) is 14.7. The molecule has 2 aliphatic heterocycles. The minimum Gasteiger partial charge on any atom is -0.493 e. The molecule has 1 amide bonds. The highest BCUT2D eigenvalue weighted by Crippen LogP contribution is 2.55. The number of hydrogen-bond donors (Lipinski definition) is 3. The van der Waals surface area contributed by atoms with E-state index in [4.69, 9.17) is 19.9 Å². The molecule has 1 spiro atoms. The number of rotatable bonds is 4. The molecule has 32 heavy (non-hydrogen) atoms. The maximum atomic E-state index is 13.5. The monoisotopic (exact) mass is 429 g/mol. The Balaban J connectivity index is 1.81. The molecular weight excluding hydrogens is 410 g/mol. The average Bonchev–Trinajstić information content (AvgIpc) is 3.34. The summed E-state index contributed by atoms with van der Waals surface area (Å²) in [5.74, 6) is 0.683. The lowest BCUT2D eigenvalue weighted by Gasteiger charge is -2.31. The van der Waals surface area contributed by atoms with E-state index in [9.17, 15) is 10.1 Å². The van der Waals surface area contributed by atoms with Gasteiger partial charge in [-0.3, -0.25) is 9.89 Å². The number of nitrogens with two attached hydrogens (primary N) is 1. The van der Waals surface area contributed by atoms with E-state index in [1.807, 2.05) is 19.1 Å². The Hall–Kier alpha value is -4.45. The van der Waals surface area contributed by atoms with E-state index in [0.717, 1.165) is 0 Å². The molecule has 9 nitrogen and oxygen atoms in total. The Morgan fingerprint density at radius 2 is 2.06 bits per heavy atom. The van der Waals surface area contributed by atoms with Gasteiger partial charge in [-0.15, -0.1) is 5.10 Å². The molecule has 0 fully saturated rings. The van der Waals surface area contributed by atoms with Crippen molar-refractivity contribution in [3.8, 4) is 34.7 Å². The first-order valence-corrected chi connectivity index (χ1v) is 9.95. The first-order valence-electron chi connectivity index (χ1n) is 9.95. The van der Waals surface area contributed by atoms with Gasteiger partial charge in [0, 0.05) is 16.8 Å². The molecule has 0 saturated carbocycles. The van der Waals surface area contributed by atoms with Crippen LogP contribution in [-0.2, 0) is 10.2 Å². The van der Waals surface area contributed by atoms with Crippen LogP contribution < -0.4 is 25.3 Å². The Labute approximate surface area is 183 Å². The van der Waals surface area contributed by atoms with Gasteiger partial charge in [-0.2, -0.15) is 5.26 Å². The molecule has 2 aliphatic rings. The number of carbonyl (C=O) groups excluding carboxylic acids is 1. The van der Waals surface area contributed by atoms with Crippen LogP contribution in [0.5, 0.6) is 17.4 Å². The number of carbonyl (C=O) groups is 1. The number of nitriles is 1. The Morgan fingerprint density at radius 1 is 1.25 bits per heavy atom. The van der Waals surface area contributed by atoms with E-state index >= 15 is 0 Å². The summed E-state index contributed by atoms with van der Waals surface area (Å²) in [7, 11) is 1.55. The van der Waals surface area contributed by atoms with Gasteiger partial charge in [0.25, 0.3) is 0 Å². The van der Waals surface area contributed by atoms with Gasteiger partial charge in [0.1, 0.15) is 17.1 Å². The summed E-state index contributed by atoms with van der Waals surface area (Å²) in [4.78, 5) is 13.5. The van der Waals surface area contributed by atoms with Crippen molar-refractivity contribution in [1.29, 1.82) is 5.26 Å². The maximum absolute atomic E-state index is 13.5. The fraction of sp³-hybridized carbons (Fsp3) is 0.174. The minimum atomic E-state index is -1.50. The molecule has 3 heterocycles. The zero-order chi connectivity index (χ0) is 22.5. The molecule has 9 heteroatoms. The topological polar surface area (TPSA) is 135 Å². The molecule has 160 valence electrons. The number of para-hydroxylation sites is 1. The van der Waals surface area contributed by atoms with Gasteiger partial charge >= 0.3 is 0 Å². The molecule has 1 aromatic heterocycles. The predicted octanol–water partition coefficient (Wildman–Crippen LogP) is 2.81. The van der Waals surface area contributed by atoms with E-state index in [1.165, 1.54) is 0 Å². The second kappa shape index (κ2) is 7.06. The number of fused-ring (bicyclic) bond motifs is 4. The van der Waals surface area contributed by atoms with Crippen LogP contribution in [0.3, 0.4) is 0 Å². The van der Waals surface area contributed by atoms with Crippen LogP contribution in [-0.4, -0.2) is 29.8 Å². The van der Waals surface area contributed by atoms with Crippen molar-refractivity contribution < 1.29 is 19.0 Å². The molecule has 3 aromatic rings. The Morgan fingerprint density at radius 3 is 2.81 bits per heavy atom. The molecule has 0 bridgehead atoms. The number of ether oxygens (including phenoxy) is 3. The Bertz CT molecular complexity index is 1340. The van der Waals surface area contributed by atoms with Gasteiger partial charge in [0.2, 0.25) is 17.7 Å². The first-order chi connectivity index (χ1) is 15.6. The van der Waals surface area contributed by atoms with Gasteiger partial charge in [-0.1, -0.05) is 18.2 Å². The maximum Gasteiger partial charge on any atom is 0.245 e. The fourth-order valence-corrected chi connectivity index (χ4v) is 4.41. The number of aromatic nitrogens is 2. The number of nitrogens with one attached hydrogen (secondary N) is 2. The lowest BCUT2D eigenvalue weighted by atomic mass is 9.68. The predicted molar refractivity (Wildman–Crippen MR) is 115 cm³/mol. The quantitative estimate of drug-likeness (QED) is 0.580. The SMILES string of the molecule is CCOc1ccc(-c2[nH]nc3c2[C@@]2(C(=O)Nc4ccccc42)C(C#N)=C(N)O3)cc1OC. The molecule has 1 atom stereocenters. The molecular formula is C23H19N5O4.